The first-order chi connectivity index (χ1) is 14.2. The van der Waals surface area contributed by atoms with Crippen molar-refractivity contribution in [2.75, 3.05) is 0 Å². The Balaban J connectivity index is 1.84. The fourth-order valence-electron chi connectivity index (χ4n) is 4.33. The van der Waals surface area contributed by atoms with E-state index in [0.29, 0.717) is 5.02 Å². The van der Waals surface area contributed by atoms with E-state index in [9.17, 15) is 0 Å². The summed E-state index contributed by atoms with van der Waals surface area (Å²) in [7, 11) is 0. The van der Waals surface area contributed by atoms with Crippen molar-refractivity contribution >= 4 is 71.0 Å². The average molecular weight is 458 g/mol. The van der Waals surface area contributed by atoms with Crippen LogP contribution in [0.2, 0.25) is 5.02 Å². The van der Waals surface area contributed by atoms with Crippen LogP contribution in [0, 0.1) is 0 Å². The van der Waals surface area contributed by atoms with E-state index in [2.05, 4.69) is 82.7 Å². The Hall–Kier alpha value is -2.81. The van der Waals surface area contributed by atoms with E-state index < -0.39 is 0 Å². The maximum Gasteiger partial charge on any atom is 0.143 e. The highest BCUT2D eigenvalue weighted by atomic mass is 79.9. The summed E-state index contributed by atoms with van der Waals surface area (Å²) in [4.78, 5) is 0. The highest BCUT2D eigenvalue weighted by Crippen LogP contribution is 2.45. The molecule has 1 aromatic heterocycles. The molecule has 0 aliphatic heterocycles. The Morgan fingerprint density at radius 1 is 0.621 bits per heavy atom. The van der Waals surface area contributed by atoms with Crippen LogP contribution in [0.3, 0.4) is 0 Å². The largest absolute Gasteiger partial charge is 0.455 e. The summed E-state index contributed by atoms with van der Waals surface area (Å²) in [5.74, 6) is 0. The quantitative estimate of drug-likeness (QED) is 0.224. The van der Waals surface area contributed by atoms with Gasteiger partial charge in [-0.3, -0.25) is 0 Å². The van der Waals surface area contributed by atoms with Crippen LogP contribution in [0.4, 0.5) is 0 Å². The molecule has 1 heterocycles. The van der Waals surface area contributed by atoms with Gasteiger partial charge in [0, 0.05) is 31.4 Å². The molecule has 6 aromatic rings. The number of hydrogen-bond acceptors (Lipinski definition) is 1. The van der Waals surface area contributed by atoms with Crippen LogP contribution in [0.1, 0.15) is 0 Å². The van der Waals surface area contributed by atoms with Gasteiger partial charge in [0.2, 0.25) is 0 Å². The van der Waals surface area contributed by atoms with E-state index >= 15 is 0 Å². The Morgan fingerprint density at radius 3 is 1.93 bits per heavy atom. The van der Waals surface area contributed by atoms with Gasteiger partial charge in [0.1, 0.15) is 11.2 Å². The molecule has 0 unspecified atom stereocenters. The molecular weight excluding hydrogens is 444 g/mol. The van der Waals surface area contributed by atoms with Crippen molar-refractivity contribution in [2.24, 2.45) is 0 Å². The van der Waals surface area contributed by atoms with Gasteiger partial charge < -0.3 is 4.42 Å². The predicted molar refractivity (Wildman–Crippen MR) is 127 cm³/mol. The minimum atomic E-state index is 0.713. The smallest absolute Gasteiger partial charge is 0.143 e. The zero-order chi connectivity index (χ0) is 19.5. The number of para-hydroxylation sites is 1. The Morgan fingerprint density at radius 2 is 1.24 bits per heavy atom. The number of fused-ring (bicyclic) bond motifs is 5. The molecule has 0 amide bonds. The van der Waals surface area contributed by atoms with Gasteiger partial charge in [-0.25, -0.2) is 0 Å². The zero-order valence-electron chi connectivity index (χ0n) is 15.2. The molecule has 1 nitrogen and oxygen atoms in total. The van der Waals surface area contributed by atoms with E-state index in [1.165, 1.54) is 27.1 Å². The molecule has 0 aliphatic carbocycles. The molecule has 0 aliphatic rings. The lowest BCUT2D eigenvalue weighted by molar-refractivity contribution is 0.670. The summed E-state index contributed by atoms with van der Waals surface area (Å²) in [6, 6.07) is 29.2. The first-order valence-corrected chi connectivity index (χ1v) is 10.6. The summed E-state index contributed by atoms with van der Waals surface area (Å²) in [5, 5.41) is 7.61. The van der Waals surface area contributed by atoms with Crippen LogP contribution in [-0.4, -0.2) is 0 Å². The molecule has 29 heavy (non-hydrogen) atoms. The van der Waals surface area contributed by atoms with Crippen LogP contribution in [0.5, 0.6) is 0 Å². The third-order valence-corrected chi connectivity index (χ3v) is 6.68. The predicted octanol–water partition coefficient (Wildman–Crippen LogP) is 8.98. The van der Waals surface area contributed by atoms with Crippen molar-refractivity contribution in [1.82, 2.24) is 0 Å². The number of hydrogen-bond donors (Lipinski definition) is 0. The minimum Gasteiger partial charge on any atom is -0.455 e. The number of rotatable bonds is 1. The minimum absolute atomic E-state index is 0.713. The lowest BCUT2D eigenvalue weighted by Gasteiger charge is -2.14. The molecule has 0 saturated carbocycles. The van der Waals surface area contributed by atoms with Gasteiger partial charge in [0.05, 0.1) is 0 Å². The van der Waals surface area contributed by atoms with Crippen LogP contribution in [-0.2, 0) is 0 Å². The fourth-order valence-corrected chi connectivity index (χ4v) is 5.20. The molecule has 0 bridgehead atoms. The summed E-state index contributed by atoms with van der Waals surface area (Å²) in [6.45, 7) is 0. The summed E-state index contributed by atoms with van der Waals surface area (Å²) >= 11 is 10.1. The van der Waals surface area contributed by atoms with Crippen molar-refractivity contribution in [3.05, 3.63) is 94.4 Å². The van der Waals surface area contributed by atoms with Crippen LogP contribution >= 0.6 is 27.5 Å². The molecule has 6 rings (SSSR count). The second kappa shape index (κ2) is 6.35. The molecule has 138 valence electrons. The molecule has 0 radical (unpaired) electrons. The van der Waals surface area contributed by atoms with Crippen molar-refractivity contribution in [2.45, 2.75) is 0 Å². The second-order valence-electron chi connectivity index (χ2n) is 7.20. The molecular formula is C26H14BrClO. The lowest BCUT2D eigenvalue weighted by atomic mass is 9.91. The highest BCUT2D eigenvalue weighted by Gasteiger charge is 2.18. The molecule has 0 atom stereocenters. The van der Waals surface area contributed by atoms with Crippen LogP contribution in [0.15, 0.2) is 93.8 Å². The number of benzene rings is 5. The molecule has 0 saturated heterocycles. The third-order valence-electron chi connectivity index (χ3n) is 5.59. The van der Waals surface area contributed by atoms with Gasteiger partial charge in [0.15, 0.2) is 0 Å². The molecule has 0 N–H and O–H groups in total. The SMILES string of the molecule is Clc1ccc2oc3c(-c4c5ccccc5c(Br)c5ccccc45)cccc3c2c1. The van der Waals surface area contributed by atoms with Crippen LogP contribution in [0.25, 0.3) is 54.6 Å². The number of halogens is 2. The van der Waals surface area contributed by atoms with Gasteiger partial charge in [0.25, 0.3) is 0 Å². The summed E-state index contributed by atoms with van der Waals surface area (Å²) in [6.07, 6.45) is 0. The number of furan rings is 1. The van der Waals surface area contributed by atoms with E-state index in [4.69, 9.17) is 16.0 Å². The van der Waals surface area contributed by atoms with Crippen molar-refractivity contribution in [3.8, 4) is 11.1 Å². The normalized spacial score (nSPS) is 11.8. The Labute approximate surface area is 180 Å². The first kappa shape index (κ1) is 17.1. The van der Waals surface area contributed by atoms with E-state index in [-0.39, 0.29) is 0 Å². The maximum absolute atomic E-state index is 6.35. The first-order valence-electron chi connectivity index (χ1n) is 9.42. The fraction of sp³-hybridized carbons (Fsp3) is 0. The Bertz CT molecular complexity index is 1520. The topological polar surface area (TPSA) is 13.1 Å². The monoisotopic (exact) mass is 456 g/mol. The molecule has 3 heteroatoms. The molecule has 0 fully saturated rings. The van der Waals surface area contributed by atoms with Gasteiger partial charge >= 0.3 is 0 Å². The summed E-state index contributed by atoms with van der Waals surface area (Å²) in [5.41, 5.74) is 4.02. The van der Waals surface area contributed by atoms with E-state index in [1.54, 1.807) is 0 Å². The van der Waals surface area contributed by atoms with Crippen molar-refractivity contribution < 1.29 is 4.42 Å². The van der Waals surface area contributed by atoms with E-state index in [1.807, 2.05) is 18.2 Å². The van der Waals surface area contributed by atoms with Gasteiger partial charge in [-0.2, -0.15) is 0 Å². The van der Waals surface area contributed by atoms with Crippen molar-refractivity contribution in [1.29, 1.82) is 0 Å². The zero-order valence-corrected chi connectivity index (χ0v) is 17.6. The molecule has 0 spiro atoms. The summed E-state index contributed by atoms with van der Waals surface area (Å²) < 4.78 is 7.47. The van der Waals surface area contributed by atoms with Gasteiger partial charge in [-0.1, -0.05) is 78.3 Å². The van der Waals surface area contributed by atoms with Crippen molar-refractivity contribution in [3.63, 3.8) is 0 Å². The van der Waals surface area contributed by atoms with E-state index in [0.717, 1.165) is 32.0 Å². The van der Waals surface area contributed by atoms with Gasteiger partial charge in [-0.15, -0.1) is 0 Å². The second-order valence-corrected chi connectivity index (χ2v) is 8.43. The maximum atomic E-state index is 6.35. The lowest BCUT2D eigenvalue weighted by Crippen LogP contribution is -1.88. The van der Waals surface area contributed by atoms with Crippen LogP contribution < -0.4 is 0 Å². The highest BCUT2D eigenvalue weighted by molar-refractivity contribution is 9.10. The average Bonchev–Trinajstić information content (AvgIpc) is 3.13. The standard InChI is InChI=1S/C26H14BrClO/c27-25-18-8-3-1-6-16(18)24(17-7-2-4-9-19(17)25)21-11-5-10-20-22-14-15(28)12-13-23(22)29-26(20)21/h1-14H. The molecule has 5 aromatic carbocycles. The Kier molecular flexibility index (Phi) is 3.74. The third kappa shape index (κ3) is 2.46. The van der Waals surface area contributed by atoms with Gasteiger partial charge in [-0.05, 0) is 55.7 Å².